The van der Waals surface area contributed by atoms with Crippen molar-refractivity contribution in [3.05, 3.63) is 91.3 Å². The van der Waals surface area contributed by atoms with Gasteiger partial charge in [0, 0.05) is 23.7 Å². The van der Waals surface area contributed by atoms with Crippen molar-refractivity contribution in [3.8, 4) is 0 Å². The van der Waals surface area contributed by atoms with Crippen molar-refractivity contribution in [1.82, 2.24) is 0 Å². The third kappa shape index (κ3) is 23.0. The van der Waals surface area contributed by atoms with Crippen LogP contribution in [0.1, 0.15) is 90.0 Å². The van der Waals surface area contributed by atoms with Crippen molar-refractivity contribution in [1.29, 1.82) is 0 Å². The number of nitrogens with zero attached hydrogens (tertiary/aromatic N) is 1. The molecule has 0 unspecified atom stereocenters. The molecule has 0 saturated heterocycles. The van der Waals surface area contributed by atoms with E-state index in [1.54, 1.807) is 6.20 Å². The van der Waals surface area contributed by atoms with Gasteiger partial charge in [-0.15, -0.1) is 0 Å². The fourth-order valence-electron chi connectivity index (χ4n) is 3.37. The van der Waals surface area contributed by atoms with Gasteiger partial charge in [0.2, 0.25) is 0 Å². The van der Waals surface area contributed by atoms with E-state index < -0.39 is 5.97 Å². The molecule has 2 rings (SSSR count). The Bertz CT molecular complexity index is 903. The molecule has 0 aliphatic heterocycles. The van der Waals surface area contributed by atoms with Gasteiger partial charge < -0.3 is 14.6 Å². The number of carbonyl (C=O) groups is 2. The standard InChI is InChI=1S/C24H36O2.C7H8N.C2H4O2/c1-3-4-5-6-7-8-9-10-11-15-21-26-24(25)22(2)17-16-20-23-18-13-12-14-19-23;1-2-8-6-4-3-5-7-8;1-2(3)4/h12-14,16,18-20H,2-11,15,17,21H2,1H3;2-7H,1H2;1H3,(H,3,4)/q;+1;/p-1. The lowest BCUT2D eigenvalue weighted by atomic mass is 10.1. The van der Waals surface area contributed by atoms with Gasteiger partial charge in [-0.1, -0.05) is 120 Å². The number of esters is 1. The molecule has 5 nitrogen and oxygen atoms in total. The normalized spacial score (nSPS) is 9.95. The summed E-state index contributed by atoms with van der Waals surface area (Å²) in [5, 5.41) is 8.89. The van der Waals surface area contributed by atoms with Crippen LogP contribution in [-0.2, 0) is 14.3 Å². The van der Waals surface area contributed by atoms with Gasteiger partial charge in [-0.05, 0) is 31.9 Å². The highest BCUT2D eigenvalue weighted by atomic mass is 16.5. The summed E-state index contributed by atoms with van der Waals surface area (Å²) in [5.74, 6) is -1.35. The first-order valence-electron chi connectivity index (χ1n) is 13.7. The van der Waals surface area contributed by atoms with Crippen LogP contribution in [0, 0.1) is 0 Å². The van der Waals surface area contributed by atoms with E-state index in [9.17, 15) is 4.79 Å². The van der Waals surface area contributed by atoms with E-state index in [1.165, 1.54) is 51.4 Å². The van der Waals surface area contributed by atoms with Crippen LogP contribution in [0.15, 0.2) is 85.7 Å². The molecule has 0 N–H and O–H groups in total. The second-order valence-corrected chi connectivity index (χ2v) is 8.94. The minimum atomic E-state index is -1.08. The Hall–Kier alpha value is -3.47. The second kappa shape index (κ2) is 25.2. The molecule has 0 atom stereocenters. The largest absolute Gasteiger partial charge is 0.550 e. The fraction of sp³-hybridized carbons (Fsp3) is 0.424. The molecule has 0 spiro atoms. The summed E-state index contributed by atoms with van der Waals surface area (Å²) in [7, 11) is 0. The molecule has 1 aromatic heterocycles. The van der Waals surface area contributed by atoms with E-state index in [0.717, 1.165) is 25.3 Å². The van der Waals surface area contributed by atoms with Crippen LogP contribution in [0.25, 0.3) is 12.3 Å². The molecule has 0 aliphatic rings. The van der Waals surface area contributed by atoms with Crippen molar-refractivity contribution in [2.24, 2.45) is 0 Å². The van der Waals surface area contributed by atoms with Crippen molar-refractivity contribution >= 4 is 24.2 Å². The molecule has 0 bridgehead atoms. The Morgan fingerprint density at radius 1 is 0.868 bits per heavy atom. The molecule has 5 heteroatoms. The molecular formula is C33H47NO4. The van der Waals surface area contributed by atoms with Gasteiger partial charge in [-0.25, -0.2) is 4.79 Å². The number of unbranched alkanes of at least 4 members (excludes halogenated alkanes) is 9. The highest BCUT2D eigenvalue weighted by Crippen LogP contribution is 2.11. The lowest BCUT2D eigenvalue weighted by Gasteiger charge is -2.06. The summed E-state index contributed by atoms with van der Waals surface area (Å²) in [6.07, 6.45) is 22.9. The van der Waals surface area contributed by atoms with Gasteiger partial charge in [-0.2, -0.15) is 4.57 Å². The number of allylic oxidation sites excluding steroid dienone is 1. The Morgan fingerprint density at radius 3 is 1.87 bits per heavy atom. The molecule has 0 radical (unpaired) electrons. The minimum absolute atomic E-state index is 0.265. The first kappa shape index (κ1) is 34.5. The van der Waals surface area contributed by atoms with Crippen LogP contribution < -0.4 is 9.67 Å². The molecule has 1 heterocycles. The lowest BCUT2D eigenvalue weighted by molar-refractivity contribution is -0.567. The predicted molar refractivity (Wildman–Crippen MR) is 156 cm³/mol. The second-order valence-electron chi connectivity index (χ2n) is 8.94. The van der Waals surface area contributed by atoms with Gasteiger partial charge in [0.15, 0.2) is 18.6 Å². The molecule has 0 fully saturated rings. The average molecular weight is 522 g/mol. The summed E-state index contributed by atoms with van der Waals surface area (Å²) in [5.41, 5.74) is 1.64. The molecule has 2 aromatic rings. The number of carbonyl (C=O) groups excluding carboxylic acids is 2. The van der Waals surface area contributed by atoms with E-state index in [0.29, 0.717) is 18.6 Å². The first-order valence-corrected chi connectivity index (χ1v) is 13.7. The monoisotopic (exact) mass is 521 g/mol. The van der Waals surface area contributed by atoms with Crippen molar-refractivity contribution in [2.75, 3.05) is 6.61 Å². The molecule has 38 heavy (non-hydrogen) atoms. The van der Waals surface area contributed by atoms with Crippen LogP contribution >= 0.6 is 0 Å². The van der Waals surface area contributed by atoms with Gasteiger partial charge in [0.25, 0.3) is 0 Å². The molecule has 1 aromatic carbocycles. The molecular weight excluding hydrogens is 474 g/mol. The quantitative estimate of drug-likeness (QED) is 0.104. The van der Waals surface area contributed by atoms with Crippen LogP contribution in [0.5, 0.6) is 0 Å². The Labute approximate surface area is 230 Å². The van der Waals surface area contributed by atoms with Gasteiger partial charge in [0.05, 0.1) is 6.61 Å². The van der Waals surface area contributed by atoms with Crippen LogP contribution in [0.2, 0.25) is 0 Å². The smallest absolute Gasteiger partial charge is 0.333 e. The summed E-state index contributed by atoms with van der Waals surface area (Å²) in [6, 6.07) is 15.9. The highest BCUT2D eigenvalue weighted by molar-refractivity contribution is 5.88. The van der Waals surface area contributed by atoms with Gasteiger partial charge in [-0.3, -0.25) is 0 Å². The molecule has 0 amide bonds. The van der Waals surface area contributed by atoms with Crippen LogP contribution in [0.3, 0.4) is 0 Å². The topological polar surface area (TPSA) is 70.3 Å². The van der Waals surface area contributed by atoms with E-state index in [-0.39, 0.29) is 5.97 Å². The predicted octanol–water partition coefficient (Wildman–Crippen LogP) is 6.94. The highest BCUT2D eigenvalue weighted by Gasteiger charge is 2.06. The van der Waals surface area contributed by atoms with E-state index in [1.807, 2.05) is 77.6 Å². The number of aromatic nitrogens is 1. The zero-order valence-corrected chi connectivity index (χ0v) is 23.5. The van der Waals surface area contributed by atoms with E-state index >= 15 is 0 Å². The lowest BCUT2D eigenvalue weighted by Crippen LogP contribution is -2.22. The number of rotatable bonds is 16. The zero-order valence-electron chi connectivity index (χ0n) is 23.5. The summed E-state index contributed by atoms with van der Waals surface area (Å²) < 4.78 is 7.20. The Morgan fingerprint density at radius 2 is 1.37 bits per heavy atom. The summed E-state index contributed by atoms with van der Waals surface area (Å²) in [4.78, 5) is 20.8. The maximum atomic E-state index is 11.9. The number of benzene rings is 1. The van der Waals surface area contributed by atoms with Crippen LogP contribution in [0.4, 0.5) is 0 Å². The average Bonchev–Trinajstić information content (AvgIpc) is 2.92. The van der Waals surface area contributed by atoms with Gasteiger partial charge in [0.1, 0.15) is 0 Å². The number of carboxylic acid groups (broad SMARTS) is 1. The minimum Gasteiger partial charge on any atom is -0.550 e. The van der Waals surface area contributed by atoms with Crippen molar-refractivity contribution < 1.29 is 24.0 Å². The maximum absolute atomic E-state index is 11.9. The third-order valence-corrected chi connectivity index (χ3v) is 5.44. The SMILES string of the molecule is C=C(CC=Cc1ccccc1)C(=O)OCCCCCCCCCCCC.C=C[n+]1ccccc1.CC(=O)[O-]. The van der Waals surface area contributed by atoms with Crippen molar-refractivity contribution in [3.63, 3.8) is 0 Å². The number of carboxylic acids is 1. The summed E-state index contributed by atoms with van der Waals surface area (Å²) in [6.45, 7) is 11.2. The van der Waals surface area contributed by atoms with Crippen LogP contribution in [-0.4, -0.2) is 18.5 Å². The molecule has 0 saturated carbocycles. The zero-order chi connectivity index (χ0) is 28.3. The van der Waals surface area contributed by atoms with Crippen molar-refractivity contribution in [2.45, 2.75) is 84.5 Å². The van der Waals surface area contributed by atoms with E-state index in [2.05, 4.69) is 20.1 Å². The number of hydrogen-bond acceptors (Lipinski definition) is 4. The first-order chi connectivity index (χ1) is 18.4. The van der Waals surface area contributed by atoms with Gasteiger partial charge >= 0.3 is 5.97 Å². The Balaban J connectivity index is 0.000000933. The van der Waals surface area contributed by atoms with E-state index in [4.69, 9.17) is 14.6 Å². The number of aliphatic carboxylic acids is 1. The number of hydrogen-bond donors (Lipinski definition) is 0. The fourth-order valence-corrected chi connectivity index (χ4v) is 3.37. The molecule has 208 valence electrons. The Kier molecular flexibility index (Phi) is 22.9. The number of ether oxygens (including phenoxy) is 1. The molecule has 0 aliphatic carbocycles. The number of pyridine rings is 1. The summed E-state index contributed by atoms with van der Waals surface area (Å²) >= 11 is 0. The maximum Gasteiger partial charge on any atom is 0.333 e. The third-order valence-electron chi connectivity index (χ3n) is 5.44.